The van der Waals surface area contributed by atoms with Crippen molar-refractivity contribution < 1.29 is 9.53 Å². The number of unbranched alkanes of at least 4 members (excludes halogenated alkanes) is 1. The van der Waals surface area contributed by atoms with Crippen LogP contribution in [0.25, 0.3) is 0 Å². The number of carbonyl (C=O) groups excluding carboxylic acids is 1. The molecule has 1 heterocycles. The quantitative estimate of drug-likeness (QED) is 0.676. The topological polar surface area (TPSA) is 83.0 Å². The van der Waals surface area contributed by atoms with Crippen LogP contribution in [0.3, 0.4) is 0 Å². The second kappa shape index (κ2) is 7.13. The molecule has 0 radical (unpaired) electrons. The summed E-state index contributed by atoms with van der Waals surface area (Å²) in [6.45, 7) is 2.63. The first-order chi connectivity index (χ1) is 8.19. The fourth-order valence-electron chi connectivity index (χ4n) is 1.67. The first kappa shape index (κ1) is 13.8. The van der Waals surface area contributed by atoms with Crippen molar-refractivity contribution >= 4 is 5.78 Å². The predicted molar refractivity (Wildman–Crippen MR) is 63.4 cm³/mol. The Hall–Kier alpha value is -1.27. The minimum absolute atomic E-state index is 0.0934. The van der Waals surface area contributed by atoms with E-state index in [0.717, 1.165) is 25.9 Å². The highest BCUT2D eigenvalue weighted by Gasteiger charge is 2.17. The molecule has 1 rings (SSSR count). The SMILES string of the molecule is COCCCCC(C(C)=O)n1cc(CN)nn1. The third-order valence-corrected chi connectivity index (χ3v) is 2.63. The molecule has 2 N–H and O–H groups in total. The van der Waals surface area contributed by atoms with E-state index < -0.39 is 0 Å². The normalized spacial score (nSPS) is 12.6. The lowest BCUT2D eigenvalue weighted by Crippen LogP contribution is -2.18. The first-order valence-electron chi connectivity index (χ1n) is 5.79. The van der Waals surface area contributed by atoms with Gasteiger partial charge in [0.15, 0.2) is 5.78 Å². The van der Waals surface area contributed by atoms with Gasteiger partial charge >= 0.3 is 0 Å². The second-order valence-corrected chi connectivity index (χ2v) is 4.01. The van der Waals surface area contributed by atoms with E-state index in [2.05, 4.69) is 10.3 Å². The van der Waals surface area contributed by atoms with E-state index in [1.54, 1.807) is 24.9 Å². The standard InChI is InChI=1S/C11H20N4O2/c1-9(16)11(5-3-4-6-17-2)15-8-10(7-12)13-14-15/h8,11H,3-7,12H2,1-2H3. The molecular formula is C11H20N4O2. The lowest BCUT2D eigenvalue weighted by atomic mass is 10.1. The average molecular weight is 240 g/mol. The monoisotopic (exact) mass is 240 g/mol. The average Bonchev–Trinajstić information content (AvgIpc) is 2.77. The van der Waals surface area contributed by atoms with Gasteiger partial charge in [0.2, 0.25) is 0 Å². The van der Waals surface area contributed by atoms with Gasteiger partial charge in [0.25, 0.3) is 0 Å². The Bertz CT molecular complexity index is 351. The number of methoxy groups -OCH3 is 1. The number of nitrogens with zero attached hydrogens (tertiary/aromatic N) is 3. The Morgan fingerprint density at radius 1 is 1.59 bits per heavy atom. The number of rotatable bonds is 8. The van der Waals surface area contributed by atoms with Crippen LogP contribution in [-0.4, -0.2) is 34.5 Å². The maximum absolute atomic E-state index is 11.6. The predicted octanol–water partition coefficient (Wildman–Crippen LogP) is 0.684. The number of carbonyl (C=O) groups is 1. The van der Waals surface area contributed by atoms with E-state index >= 15 is 0 Å². The number of ether oxygens (including phenoxy) is 1. The van der Waals surface area contributed by atoms with E-state index in [9.17, 15) is 4.79 Å². The summed E-state index contributed by atoms with van der Waals surface area (Å²) in [4.78, 5) is 11.6. The molecule has 1 atom stereocenters. The van der Waals surface area contributed by atoms with E-state index in [1.165, 1.54) is 0 Å². The van der Waals surface area contributed by atoms with Crippen molar-refractivity contribution in [1.82, 2.24) is 15.0 Å². The van der Waals surface area contributed by atoms with Crippen LogP contribution in [-0.2, 0) is 16.1 Å². The summed E-state index contributed by atoms with van der Waals surface area (Å²) < 4.78 is 6.58. The van der Waals surface area contributed by atoms with Gasteiger partial charge in [0.1, 0.15) is 6.04 Å². The van der Waals surface area contributed by atoms with Crippen molar-refractivity contribution in [3.05, 3.63) is 11.9 Å². The third-order valence-electron chi connectivity index (χ3n) is 2.63. The number of hydrogen-bond donors (Lipinski definition) is 1. The third kappa shape index (κ3) is 4.24. The zero-order chi connectivity index (χ0) is 12.7. The number of hydrogen-bond acceptors (Lipinski definition) is 5. The molecule has 0 aliphatic carbocycles. The fraction of sp³-hybridized carbons (Fsp3) is 0.727. The van der Waals surface area contributed by atoms with Crippen LogP contribution in [0, 0.1) is 0 Å². The van der Waals surface area contributed by atoms with E-state index in [0.29, 0.717) is 12.2 Å². The van der Waals surface area contributed by atoms with Gasteiger partial charge in [-0.1, -0.05) is 5.21 Å². The number of aromatic nitrogens is 3. The summed E-state index contributed by atoms with van der Waals surface area (Å²) in [5.41, 5.74) is 6.16. The Labute approximate surface area is 101 Å². The molecule has 1 aromatic heterocycles. The maximum Gasteiger partial charge on any atom is 0.154 e. The summed E-state index contributed by atoms with van der Waals surface area (Å²) >= 11 is 0. The molecule has 1 aromatic rings. The summed E-state index contributed by atoms with van der Waals surface area (Å²) in [5, 5.41) is 7.84. The van der Waals surface area contributed by atoms with Crippen LogP contribution in [0.15, 0.2) is 6.20 Å². The molecule has 0 saturated carbocycles. The van der Waals surface area contributed by atoms with Gasteiger partial charge in [-0.25, -0.2) is 4.68 Å². The fourth-order valence-corrected chi connectivity index (χ4v) is 1.67. The lowest BCUT2D eigenvalue weighted by molar-refractivity contribution is -0.120. The summed E-state index contributed by atoms with van der Waals surface area (Å²) in [5.74, 6) is 0.0934. The van der Waals surface area contributed by atoms with Gasteiger partial charge in [-0.2, -0.15) is 0 Å². The highest BCUT2D eigenvalue weighted by atomic mass is 16.5. The Kier molecular flexibility index (Phi) is 5.79. The molecule has 17 heavy (non-hydrogen) atoms. The van der Waals surface area contributed by atoms with Gasteiger partial charge in [0, 0.05) is 20.3 Å². The Morgan fingerprint density at radius 3 is 2.88 bits per heavy atom. The van der Waals surface area contributed by atoms with Gasteiger partial charge in [-0.05, 0) is 26.2 Å². The molecule has 0 amide bonds. The zero-order valence-electron chi connectivity index (χ0n) is 10.4. The molecule has 6 nitrogen and oxygen atoms in total. The summed E-state index contributed by atoms with van der Waals surface area (Å²) in [6, 6.07) is -0.236. The van der Waals surface area contributed by atoms with Crippen LogP contribution in [0.2, 0.25) is 0 Å². The minimum Gasteiger partial charge on any atom is -0.385 e. The molecule has 0 bridgehead atoms. The molecule has 0 spiro atoms. The van der Waals surface area contributed by atoms with Crippen LogP contribution in [0.5, 0.6) is 0 Å². The highest BCUT2D eigenvalue weighted by Crippen LogP contribution is 2.15. The number of nitrogens with two attached hydrogens (primary N) is 1. The van der Waals surface area contributed by atoms with Crippen LogP contribution in [0.4, 0.5) is 0 Å². The first-order valence-corrected chi connectivity index (χ1v) is 5.79. The van der Waals surface area contributed by atoms with Crippen molar-refractivity contribution in [3.63, 3.8) is 0 Å². The van der Waals surface area contributed by atoms with Crippen molar-refractivity contribution in [2.24, 2.45) is 5.73 Å². The zero-order valence-corrected chi connectivity index (χ0v) is 10.4. The second-order valence-electron chi connectivity index (χ2n) is 4.01. The van der Waals surface area contributed by atoms with Gasteiger partial charge in [-0.15, -0.1) is 5.10 Å². The van der Waals surface area contributed by atoms with Crippen molar-refractivity contribution in [2.75, 3.05) is 13.7 Å². The largest absolute Gasteiger partial charge is 0.385 e. The molecule has 0 aliphatic heterocycles. The van der Waals surface area contributed by atoms with Gasteiger partial charge in [-0.3, -0.25) is 4.79 Å². The maximum atomic E-state index is 11.6. The molecule has 0 aliphatic rings. The molecule has 0 fully saturated rings. The summed E-state index contributed by atoms with van der Waals surface area (Å²) in [6.07, 6.45) is 4.36. The number of ketones is 1. The van der Waals surface area contributed by atoms with Gasteiger partial charge < -0.3 is 10.5 Å². The Morgan fingerprint density at radius 2 is 2.35 bits per heavy atom. The van der Waals surface area contributed by atoms with Crippen molar-refractivity contribution in [3.8, 4) is 0 Å². The lowest BCUT2D eigenvalue weighted by Gasteiger charge is -2.13. The molecule has 96 valence electrons. The molecule has 0 aromatic carbocycles. The molecule has 1 unspecified atom stereocenters. The van der Waals surface area contributed by atoms with Crippen LogP contribution < -0.4 is 5.73 Å². The van der Waals surface area contributed by atoms with E-state index in [-0.39, 0.29) is 11.8 Å². The molecule has 6 heteroatoms. The van der Waals surface area contributed by atoms with Crippen LogP contribution in [0.1, 0.15) is 37.9 Å². The molecule has 0 saturated heterocycles. The highest BCUT2D eigenvalue weighted by molar-refractivity contribution is 5.79. The van der Waals surface area contributed by atoms with Gasteiger partial charge in [0.05, 0.1) is 11.9 Å². The van der Waals surface area contributed by atoms with Crippen molar-refractivity contribution in [1.29, 1.82) is 0 Å². The smallest absolute Gasteiger partial charge is 0.154 e. The Balaban J connectivity index is 2.56. The number of Topliss-reactive ketones (excluding diaryl/α,β-unsaturated/α-hetero) is 1. The van der Waals surface area contributed by atoms with E-state index in [1.807, 2.05) is 0 Å². The summed E-state index contributed by atoms with van der Waals surface area (Å²) in [7, 11) is 1.67. The molecular weight excluding hydrogens is 220 g/mol. The minimum atomic E-state index is -0.236. The van der Waals surface area contributed by atoms with Crippen LogP contribution >= 0.6 is 0 Å². The van der Waals surface area contributed by atoms with E-state index in [4.69, 9.17) is 10.5 Å². The van der Waals surface area contributed by atoms with Crippen molar-refractivity contribution in [2.45, 2.75) is 38.8 Å².